The third kappa shape index (κ3) is 3.37. The maximum Gasteiger partial charge on any atom is 0.349 e. The summed E-state index contributed by atoms with van der Waals surface area (Å²) in [7, 11) is 0. The highest BCUT2D eigenvalue weighted by Gasteiger charge is 2.24. The average molecular weight is 335 g/mol. The number of hydrogen-bond donors (Lipinski definition) is 2. The maximum absolute atomic E-state index is 12.3. The van der Waals surface area contributed by atoms with Gasteiger partial charge in [-0.05, 0) is 43.5 Å². The lowest BCUT2D eigenvalue weighted by Gasteiger charge is -2.14. The van der Waals surface area contributed by atoms with E-state index in [4.69, 9.17) is 16.0 Å². The SMILES string of the molecule is O=C(NC1CCCCNC1=O)c1cc2cc(Cl)ccc2oc1=O. The summed E-state index contributed by atoms with van der Waals surface area (Å²) in [5.74, 6) is -0.855. The number of fused-ring (bicyclic) bond motifs is 1. The third-order valence-electron chi connectivity index (χ3n) is 3.78. The molecule has 1 aromatic carbocycles. The molecule has 1 fully saturated rings. The molecule has 0 bridgehead atoms. The summed E-state index contributed by atoms with van der Waals surface area (Å²) in [6.45, 7) is 0.599. The number of amides is 2. The van der Waals surface area contributed by atoms with Crippen LogP contribution in [0, 0.1) is 0 Å². The van der Waals surface area contributed by atoms with Gasteiger partial charge < -0.3 is 15.1 Å². The largest absolute Gasteiger partial charge is 0.422 e. The van der Waals surface area contributed by atoms with Crippen LogP contribution in [0.25, 0.3) is 11.0 Å². The molecule has 7 heteroatoms. The van der Waals surface area contributed by atoms with Crippen molar-refractivity contribution >= 4 is 34.4 Å². The van der Waals surface area contributed by atoms with E-state index in [9.17, 15) is 14.4 Å². The molecular formula is C16H15ClN2O4. The fourth-order valence-corrected chi connectivity index (χ4v) is 2.75. The molecule has 1 unspecified atom stereocenters. The van der Waals surface area contributed by atoms with Crippen LogP contribution in [-0.2, 0) is 4.79 Å². The molecule has 2 aromatic rings. The van der Waals surface area contributed by atoms with E-state index in [2.05, 4.69) is 10.6 Å². The Bertz CT molecular complexity index is 830. The summed E-state index contributed by atoms with van der Waals surface area (Å²) < 4.78 is 5.13. The molecule has 1 aliphatic rings. The van der Waals surface area contributed by atoms with E-state index in [1.165, 1.54) is 6.07 Å². The van der Waals surface area contributed by atoms with Crippen molar-refractivity contribution in [1.82, 2.24) is 10.6 Å². The number of carbonyl (C=O) groups excluding carboxylic acids is 2. The predicted molar refractivity (Wildman–Crippen MR) is 85.6 cm³/mol. The highest BCUT2D eigenvalue weighted by Crippen LogP contribution is 2.19. The minimum Gasteiger partial charge on any atom is -0.422 e. The zero-order chi connectivity index (χ0) is 16.4. The molecule has 1 aliphatic heterocycles. The van der Waals surface area contributed by atoms with Crippen LogP contribution in [0.5, 0.6) is 0 Å². The van der Waals surface area contributed by atoms with E-state index in [0.29, 0.717) is 29.0 Å². The van der Waals surface area contributed by atoms with Gasteiger partial charge in [0.1, 0.15) is 17.2 Å². The lowest BCUT2D eigenvalue weighted by Crippen LogP contribution is -2.46. The molecular weight excluding hydrogens is 320 g/mol. The molecule has 2 amide bonds. The molecule has 2 heterocycles. The van der Waals surface area contributed by atoms with Crippen LogP contribution in [0.4, 0.5) is 0 Å². The van der Waals surface area contributed by atoms with Gasteiger partial charge in [-0.1, -0.05) is 11.6 Å². The zero-order valence-electron chi connectivity index (χ0n) is 12.2. The number of rotatable bonds is 2. The normalized spacial score (nSPS) is 18.3. The second-order valence-corrected chi connectivity index (χ2v) is 5.88. The van der Waals surface area contributed by atoms with E-state index >= 15 is 0 Å². The van der Waals surface area contributed by atoms with Crippen LogP contribution in [0.2, 0.25) is 5.02 Å². The molecule has 1 saturated heterocycles. The highest BCUT2D eigenvalue weighted by molar-refractivity contribution is 6.31. The summed E-state index contributed by atoms with van der Waals surface area (Å²) in [5.41, 5.74) is -0.536. The lowest BCUT2D eigenvalue weighted by atomic mass is 10.1. The van der Waals surface area contributed by atoms with Gasteiger partial charge in [-0.15, -0.1) is 0 Å². The van der Waals surface area contributed by atoms with Gasteiger partial charge in [0.05, 0.1) is 0 Å². The van der Waals surface area contributed by atoms with Crippen molar-refractivity contribution in [1.29, 1.82) is 0 Å². The highest BCUT2D eigenvalue weighted by atomic mass is 35.5. The molecule has 1 atom stereocenters. The molecule has 120 valence electrons. The Kier molecular flexibility index (Phi) is 4.34. The topological polar surface area (TPSA) is 88.4 Å². The monoisotopic (exact) mass is 334 g/mol. The molecule has 0 aliphatic carbocycles. The third-order valence-corrected chi connectivity index (χ3v) is 4.01. The molecule has 1 aromatic heterocycles. The quantitative estimate of drug-likeness (QED) is 0.820. The van der Waals surface area contributed by atoms with Gasteiger partial charge >= 0.3 is 5.63 Å². The number of hydrogen-bond acceptors (Lipinski definition) is 4. The maximum atomic E-state index is 12.3. The van der Waals surface area contributed by atoms with Crippen molar-refractivity contribution in [2.45, 2.75) is 25.3 Å². The van der Waals surface area contributed by atoms with Gasteiger partial charge in [0.15, 0.2) is 0 Å². The molecule has 6 nitrogen and oxygen atoms in total. The van der Waals surface area contributed by atoms with Gasteiger partial charge in [-0.2, -0.15) is 0 Å². The van der Waals surface area contributed by atoms with E-state index in [1.54, 1.807) is 18.2 Å². The fourth-order valence-electron chi connectivity index (χ4n) is 2.57. The first-order valence-corrected chi connectivity index (χ1v) is 7.74. The van der Waals surface area contributed by atoms with Gasteiger partial charge in [-0.25, -0.2) is 4.79 Å². The smallest absolute Gasteiger partial charge is 0.349 e. The first-order valence-electron chi connectivity index (χ1n) is 7.36. The number of carbonyl (C=O) groups is 2. The number of benzene rings is 1. The van der Waals surface area contributed by atoms with Crippen molar-refractivity contribution in [2.24, 2.45) is 0 Å². The van der Waals surface area contributed by atoms with Crippen LogP contribution in [-0.4, -0.2) is 24.4 Å². The van der Waals surface area contributed by atoms with Crippen molar-refractivity contribution in [3.8, 4) is 0 Å². The van der Waals surface area contributed by atoms with E-state index < -0.39 is 17.6 Å². The molecule has 0 spiro atoms. The van der Waals surface area contributed by atoms with E-state index in [0.717, 1.165) is 12.8 Å². The van der Waals surface area contributed by atoms with Crippen molar-refractivity contribution in [3.63, 3.8) is 0 Å². The minimum absolute atomic E-state index is 0.142. The van der Waals surface area contributed by atoms with Crippen molar-refractivity contribution < 1.29 is 14.0 Å². The Balaban J connectivity index is 1.89. The summed E-state index contributed by atoms with van der Waals surface area (Å²) in [6, 6.07) is 5.56. The van der Waals surface area contributed by atoms with Crippen LogP contribution in [0.3, 0.4) is 0 Å². The Morgan fingerprint density at radius 1 is 1.26 bits per heavy atom. The molecule has 0 radical (unpaired) electrons. The second kappa shape index (κ2) is 6.42. The molecule has 0 saturated carbocycles. The Morgan fingerprint density at radius 2 is 2.09 bits per heavy atom. The van der Waals surface area contributed by atoms with Crippen LogP contribution >= 0.6 is 11.6 Å². The van der Waals surface area contributed by atoms with Crippen molar-refractivity contribution in [3.05, 3.63) is 45.3 Å². The van der Waals surface area contributed by atoms with Gasteiger partial charge in [0.25, 0.3) is 5.91 Å². The Hall–Kier alpha value is -2.34. The van der Waals surface area contributed by atoms with Gasteiger partial charge in [-0.3, -0.25) is 9.59 Å². The summed E-state index contributed by atoms with van der Waals surface area (Å²) in [4.78, 5) is 36.2. The summed E-state index contributed by atoms with van der Waals surface area (Å²) >= 11 is 5.91. The van der Waals surface area contributed by atoms with Gasteiger partial charge in [0, 0.05) is 17.0 Å². The van der Waals surface area contributed by atoms with E-state index in [-0.39, 0.29) is 11.5 Å². The van der Waals surface area contributed by atoms with E-state index in [1.807, 2.05) is 0 Å². The predicted octanol–water partition coefficient (Wildman–Crippen LogP) is 1.84. The minimum atomic E-state index is -0.744. The van der Waals surface area contributed by atoms with Crippen LogP contribution in [0.15, 0.2) is 33.5 Å². The Morgan fingerprint density at radius 3 is 2.91 bits per heavy atom. The summed E-state index contributed by atoms with van der Waals surface area (Å²) in [5, 5.41) is 6.35. The van der Waals surface area contributed by atoms with Crippen LogP contribution in [0.1, 0.15) is 29.6 Å². The first-order chi connectivity index (χ1) is 11.0. The van der Waals surface area contributed by atoms with Crippen LogP contribution < -0.4 is 16.3 Å². The van der Waals surface area contributed by atoms with Gasteiger partial charge in [0.2, 0.25) is 5.91 Å². The number of nitrogens with one attached hydrogen (secondary N) is 2. The molecule has 2 N–H and O–H groups in total. The first kappa shape index (κ1) is 15.6. The lowest BCUT2D eigenvalue weighted by molar-refractivity contribution is -0.122. The average Bonchev–Trinajstić information content (AvgIpc) is 2.72. The summed E-state index contributed by atoms with van der Waals surface area (Å²) in [6.07, 6.45) is 2.24. The molecule has 23 heavy (non-hydrogen) atoms. The molecule has 3 rings (SSSR count). The standard InChI is InChI=1S/C16H15ClN2O4/c17-10-4-5-13-9(7-10)8-11(16(22)23-13)14(20)19-12-3-1-2-6-18-15(12)21/h4-5,7-8,12H,1-3,6H2,(H,18,21)(H,19,20). The second-order valence-electron chi connectivity index (χ2n) is 5.44. The van der Waals surface area contributed by atoms with Crippen molar-refractivity contribution in [2.75, 3.05) is 6.54 Å². The number of halogens is 1. The zero-order valence-corrected chi connectivity index (χ0v) is 13.0. The Labute approximate surface area is 136 Å². The fraction of sp³-hybridized carbons (Fsp3) is 0.312.